The van der Waals surface area contributed by atoms with Crippen LogP contribution in [0.4, 0.5) is 0 Å². The van der Waals surface area contributed by atoms with E-state index in [9.17, 15) is 4.57 Å². The molecule has 0 aromatic heterocycles. The fourth-order valence-electron chi connectivity index (χ4n) is 1.39. The molecule has 0 aliphatic rings. The summed E-state index contributed by atoms with van der Waals surface area (Å²) >= 11 is 0. The standard InChI is InChI=1S/C12H15O3P/c1-2-11-6-8-12(9-7-11)5-3-4-10-15-16(13)14/h2,6-9H,1,3-5,10H2/p+1. The van der Waals surface area contributed by atoms with Crippen LogP contribution in [0.25, 0.3) is 6.08 Å². The van der Waals surface area contributed by atoms with E-state index in [1.54, 1.807) is 0 Å². The molecule has 1 atom stereocenters. The molecule has 0 saturated heterocycles. The Kier molecular flexibility index (Phi) is 5.94. The summed E-state index contributed by atoms with van der Waals surface area (Å²) in [5.41, 5.74) is 2.38. The topological polar surface area (TPSA) is 46.5 Å². The minimum atomic E-state index is -2.44. The Morgan fingerprint density at radius 1 is 1.31 bits per heavy atom. The van der Waals surface area contributed by atoms with Crippen molar-refractivity contribution in [2.24, 2.45) is 0 Å². The maximum atomic E-state index is 10.2. The predicted octanol–water partition coefficient (Wildman–Crippen LogP) is 3.32. The van der Waals surface area contributed by atoms with Gasteiger partial charge in [0.25, 0.3) is 0 Å². The lowest BCUT2D eigenvalue weighted by atomic mass is 10.1. The van der Waals surface area contributed by atoms with Crippen LogP contribution < -0.4 is 0 Å². The molecule has 16 heavy (non-hydrogen) atoms. The van der Waals surface area contributed by atoms with Crippen molar-refractivity contribution in [2.45, 2.75) is 19.3 Å². The molecular formula is C12H16O3P+. The van der Waals surface area contributed by atoms with Gasteiger partial charge in [-0.3, -0.25) is 0 Å². The maximum absolute atomic E-state index is 10.2. The van der Waals surface area contributed by atoms with Gasteiger partial charge in [0.05, 0.1) is 0 Å². The zero-order valence-corrected chi connectivity index (χ0v) is 10.0. The third kappa shape index (κ3) is 5.17. The van der Waals surface area contributed by atoms with Gasteiger partial charge < -0.3 is 0 Å². The van der Waals surface area contributed by atoms with E-state index < -0.39 is 8.25 Å². The molecule has 1 aromatic rings. The molecule has 1 unspecified atom stereocenters. The first kappa shape index (κ1) is 13.0. The van der Waals surface area contributed by atoms with Gasteiger partial charge in [-0.25, -0.2) is 0 Å². The third-order valence-corrected chi connectivity index (χ3v) is 2.68. The van der Waals surface area contributed by atoms with Crippen LogP contribution in [-0.2, 0) is 15.5 Å². The first-order valence-corrected chi connectivity index (χ1v) is 6.36. The Morgan fingerprint density at radius 3 is 2.56 bits per heavy atom. The fraction of sp³-hybridized carbons (Fsp3) is 0.333. The lowest BCUT2D eigenvalue weighted by Gasteiger charge is -2.00. The molecule has 4 heteroatoms. The van der Waals surface area contributed by atoms with Crippen molar-refractivity contribution in [1.82, 2.24) is 0 Å². The molecule has 0 bridgehead atoms. The maximum Gasteiger partial charge on any atom is 0.694 e. The average Bonchev–Trinajstić information content (AvgIpc) is 2.29. The van der Waals surface area contributed by atoms with Crippen LogP contribution in [0.5, 0.6) is 0 Å². The molecule has 3 nitrogen and oxygen atoms in total. The second-order valence-electron chi connectivity index (χ2n) is 3.47. The first-order valence-electron chi connectivity index (χ1n) is 5.23. The molecule has 0 saturated carbocycles. The quantitative estimate of drug-likeness (QED) is 0.586. The predicted molar refractivity (Wildman–Crippen MR) is 65.2 cm³/mol. The number of aryl methyl sites for hydroxylation is 1. The average molecular weight is 239 g/mol. The monoisotopic (exact) mass is 239 g/mol. The summed E-state index contributed by atoms with van der Waals surface area (Å²) in [4.78, 5) is 8.40. The number of hydrogen-bond acceptors (Lipinski definition) is 2. The summed E-state index contributed by atoms with van der Waals surface area (Å²) in [6.45, 7) is 4.04. The van der Waals surface area contributed by atoms with E-state index in [0.717, 1.165) is 24.8 Å². The zero-order valence-electron chi connectivity index (χ0n) is 9.13. The molecule has 0 aliphatic carbocycles. The van der Waals surface area contributed by atoms with Gasteiger partial charge in [0.15, 0.2) is 0 Å². The largest absolute Gasteiger partial charge is 0.694 e. The zero-order chi connectivity index (χ0) is 11.8. The Bertz CT molecular complexity index is 346. The SMILES string of the molecule is C=Cc1ccc(CCCCO[P+](=O)O)cc1. The minimum absolute atomic E-state index is 0.344. The summed E-state index contributed by atoms with van der Waals surface area (Å²) in [5.74, 6) is 0. The van der Waals surface area contributed by atoms with Gasteiger partial charge in [-0.2, -0.15) is 0 Å². The van der Waals surface area contributed by atoms with Gasteiger partial charge in [0.2, 0.25) is 0 Å². The van der Waals surface area contributed by atoms with Crippen molar-refractivity contribution in [3.8, 4) is 0 Å². The fourth-order valence-corrected chi connectivity index (χ4v) is 1.68. The van der Waals surface area contributed by atoms with Crippen molar-refractivity contribution < 1.29 is 14.0 Å². The van der Waals surface area contributed by atoms with Gasteiger partial charge in [0.1, 0.15) is 6.61 Å². The smallest absolute Gasteiger partial charge is 0.133 e. The van der Waals surface area contributed by atoms with Gasteiger partial charge >= 0.3 is 8.25 Å². The van der Waals surface area contributed by atoms with Crippen molar-refractivity contribution in [1.29, 1.82) is 0 Å². The normalized spacial score (nSPS) is 11.2. The Balaban J connectivity index is 2.21. The molecule has 0 radical (unpaired) electrons. The van der Waals surface area contributed by atoms with Crippen LogP contribution in [0, 0.1) is 0 Å². The molecule has 1 aromatic carbocycles. The molecule has 0 spiro atoms. The van der Waals surface area contributed by atoms with Gasteiger partial charge in [-0.15, -0.1) is 9.42 Å². The van der Waals surface area contributed by atoms with Crippen LogP contribution in [0.15, 0.2) is 30.8 Å². The molecule has 0 heterocycles. The summed E-state index contributed by atoms with van der Waals surface area (Å²) in [6.07, 6.45) is 4.53. The van der Waals surface area contributed by atoms with Crippen LogP contribution in [0.3, 0.4) is 0 Å². The van der Waals surface area contributed by atoms with Crippen LogP contribution in [-0.4, -0.2) is 11.5 Å². The summed E-state index contributed by atoms with van der Waals surface area (Å²) in [6, 6.07) is 8.21. The number of rotatable bonds is 7. The number of hydrogen-bond donors (Lipinski definition) is 1. The van der Waals surface area contributed by atoms with E-state index in [0.29, 0.717) is 6.61 Å². The molecule has 86 valence electrons. The van der Waals surface area contributed by atoms with E-state index in [-0.39, 0.29) is 0 Å². The second kappa shape index (κ2) is 7.29. The molecule has 0 fully saturated rings. The van der Waals surface area contributed by atoms with E-state index >= 15 is 0 Å². The Labute approximate surface area is 96.7 Å². The van der Waals surface area contributed by atoms with Gasteiger partial charge in [-0.05, 0) is 30.4 Å². The van der Waals surface area contributed by atoms with Crippen LogP contribution in [0.1, 0.15) is 24.0 Å². The van der Waals surface area contributed by atoms with Crippen LogP contribution >= 0.6 is 8.25 Å². The highest BCUT2D eigenvalue weighted by atomic mass is 31.1. The molecule has 0 amide bonds. The number of unbranched alkanes of at least 4 members (excludes halogenated alkanes) is 1. The minimum Gasteiger partial charge on any atom is -0.133 e. The van der Waals surface area contributed by atoms with Crippen molar-refractivity contribution in [3.63, 3.8) is 0 Å². The molecule has 1 N–H and O–H groups in total. The summed E-state index contributed by atoms with van der Waals surface area (Å²) in [5, 5.41) is 0. The second-order valence-corrected chi connectivity index (χ2v) is 4.21. The highest BCUT2D eigenvalue weighted by Gasteiger charge is 2.09. The third-order valence-electron chi connectivity index (χ3n) is 2.28. The Hall–Kier alpha value is -1.02. The van der Waals surface area contributed by atoms with Crippen molar-refractivity contribution >= 4 is 14.3 Å². The summed E-state index contributed by atoms with van der Waals surface area (Å²) < 4.78 is 14.8. The molecular weight excluding hydrogens is 223 g/mol. The highest BCUT2D eigenvalue weighted by Crippen LogP contribution is 2.15. The van der Waals surface area contributed by atoms with Gasteiger partial charge in [-0.1, -0.05) is 36.9 Å². The van der Waals surface area contributed by atoms with E-state index in [1.165, 1.54) is 5.56 Å². The van der Waals surface area contributed by atoms with Gasteiger partial charge in [0, 0.05) is 4.57 Å². The van der Waals surface area contributed by atoms with Crippen molar-refractivity contribution in [2.75, 3.05) is 6.61 Å². The Morgan fingerprint density at radius 2 is 2.00 bits per heavy atom. The lowest BCUT2D eigenvalue weighted by molar-refractivity contribution is 0.275. The number of benzene rings is 1. The molecule has 0 aliphatic heterocycles. The molecule has 1 rings (SSSR count). The van der Waals surface area contributed by atoms with E-state index in [1.807, 2.05) is 18.2 Å². The van der Waals surface area contributed by atoms with E-state index in [2.05, 4.69) is 23.2 Å². The first-order chi connectivity index (χ1) is 7.72. The van der Waals surface area contributed by atoms with E-state index in [4.69, 9.17) is 4.89 Å². The van der Waals surface area contributed by atoms with Crippen LogP contribution in [0.2, 0.25) is 0 Å². The summed E-state index contributed by atoms with van der Waals surface area (Å²) in [7, 11) is -2.44. The van der Waals surface area contributed by atoms with Crippen molar-refractivity contribution in [3.05, 3.63) is 42.0 Å². The highest BCUT2D eigenvalue weighted by molar-refractivity contribution is 7.32. The lowest BCUT2D eigenvalue weighted by Crippen LogP contribution is -1.90.